The fourth-order valence-electron chi connectivity index (χ4n) is 2.57. The van der Waals surface area contributed by atoms with Gasteiger partial charge in [-0.2, -0.15) is 0 Å². The molecule has 0 saturated carbocycles. The molecule has 25 heavy (non-hydrogen) atoms. The Kier molecular flexibility index (Phi) is 5.88. The van der Waals surface area contributed by atoms with Gasteiger partial charge in [0, 0.05) is 24.8 Å². The normalized spacial score (nSPS) is 14.4. The second-order valence-corrected chi connectivity index (χ2v) is 6.96. The van der Waals surface area contributed by atoms with Crippen molar-refractivity contribution in [2.45, 2.75) is 18.9 Å². The summed E-state index contributed by atoms with van der Waals surface area (Å²) in [4.78, 5) is 23.0. The Morgan fingerprint density at radius 2 is 2.04 bits per heavy atom. The Morgan fingerprint density at radius 3 is 2.84 bits per heavy atom. The van der Waals surface area contributed by atoms with Crippen LogP contribution in [-0.2, 0) is 9.53 Å². The molecule has 0 atom stereocenters. The summed E-state index contributed by atoms with van der Waals surface area (Å²) in [5.74, 6) is 1.16. The van der Waals surface area contributed by atoms with Crippen molar-refractivity contribution >= 4 is 29.2 Å². The van der Waals surface area contributed by atoms with Gasteiger partial charge in [-0.3, -0.25) is 4.79 Å². The van der Waals surface area contributed by atoms with Crippen molar-refractivity contribution < 1.29 is 9.53 Å². The maximum absolute atomic E-state index is 12.2. The van der Waals surface area contributed by atoms with Crippen molar-refractivity contribution in [1.29, 1.82) is 0 Å². The van der Waals surface area contributed by atoms with Crippen molar-refractivity contribution in [2.75, 3.05) is 42.3 Å². The summed E-state index contributed by atoms with van der Waals surface area (Å²) in [6.45, 7) is 7.08. The third-order valence-electron chi connectivity index (χ3n) is 3.98. The number of hydrogen-bond acceptors (Lipinski definition) is 6. The summed E-state index contributed by atoms with van der Waals surface area (Å²) < 4.78 is 5.36. The number of morpholine rings is 1. The van der Waals surface area contributed by atoms with Crippen LogP contribution in [0.5, 0.6) is 0 Å². The Bertz CT molecular complexity index is 748. The third-order valence-corrected chi connectivity index (χ3v) is 4.91. The third kappa shape index (κ3) is 4.93. The minimum Gasteiger partial charge on any atom is -0.378 e. The SMILES string of the molecule is Cc1ccc(C)c(NC(=O)CSc2cc(N3CCOCC3)ncn2)c1. The van der Waals surface area contributed by atoms with Crippen LogP contribution in [-0.4, -0.2) is 47.9 Å². The zero-order valence-electron chi connectivity index (χ0n) is 14.5. The molecular weight excluding hydrogens is 336 g/mol. The molecule has 0 radical (unpaired) electrons. The fraction of sp³-hybridized carbons (Fsp3) is 0.389. The zero-order chi connectivity index (χ0) is 17.6. The molecule has 3 rings (SSSR count). The van der Waals surface area contributed by atoms with E-state index in [1.54, 1.807) is 6.33 Å². The number of carbonyl (C=O) groups excluding carboxylic acids is 1. The topological polar surface area (TPSA) is 67.4 Å². The quantitative estimate of drug-likeness (QED) is 0.655. The molecule has 1 N–H and O–H groups in total. The van der Waals surface area contributed by atoms with E-state index in [2.05, 4.69) is 20.2 Å². The van der Waals surface area contributed by atoms with Gasteiger partial charge < -0.3 is 15.0 Å². The molecule has 2 heterocycles. The number of anilines is 2. The van der Waals surface area contributed by atoms with Crippen LogP contribution in [0.3, 0.4) is 0 Å². The van der Waals surface area contributed by atoms with E-state index in [1.807, 2.05) is 38.1 Å². The van der Waals surface area contributed by atoms with Gasteiger partial charge in [-0.1, -0.05) is 23.9 Å². The van der Waals surface area contributed by atoms with E-state index in [0.29, 0.717) is 19.0 Å². The Hall–Kier alpha value is -2.12. The lowest BCUT2D eigenvalue weighted by Crippen LogP contribution is -2.36. The van der Waals surface area contributed by atoms with E-state index in [0.717, 1.165) is 40.7 Å². The van der Waals surface area contributed by atoms with Gasteiger partial charge in [0.05, 0.1) is 19.0 Å². The number of benzene rings is 1. The number of aryl methyl sites for hydroxylation is 2. The van der Waals surface area contributed by atoms with Crippen molar-refractivity contribution in [3.05, 3.63) is 41.7 Å². The lowest BCUT2D eigenvalue weighted by atomic mass is 10.1. The van der Waals surface area contributed by atoms with Crippen LogP contribution in [0.1, 0.15) is 11.1 Å². The largest absolute Gasteiger partial charge is 0.378 e. The first kappa shape index (κ1) is 17.7. The van der Waals surface area contributed by atoms with Gasteiger partial charge in [0.2, 0.25) is 5.91 Å². The van der Waals surface area contributed by atoms with Crippen molar-refractivity contribution in [3.8, 4) is 0 Å². The predicted octanol–water partition coefficient (Wildman–Crippen LogP) is 2.66. The van der Waals surface area contributed by atoms with Gasteiger partial charge >= 0.3 is 0 Å². The first-order chi connectivity index (χ1) is 12.1. The maximum atomic E-state index is 12.2. The average molecular weight is 358 g/mol. The number of rotatable bonds is 5. The van der Waals surface area contributed by atoms with Gasteiger partial charge in [-0.05, 0) is 31.0 Å². The molecule has 1 saturated heterocycles. The van der Waals surface area contributed by atoms with Crippen molar-refractivity contribution in [3.63, 3.8) is 0 Å². The van der Waals surface area contributed by atoms with Crippen LogP contribution in [0.4, 0.5) is 11.5 Å². The molecule has 1 aromatic heterocycles. The number of aromatic nitrogens is 2. The minimum atomic E-state index is -0.0368. The molecule has 0 bridgehead atoms. The molecule has 0 unspecified atom stereocenters. The van der Waals surface area contributed by atoms with Crippen LogP contribution < -0.4 is 10.2 Å². The number of thioether (sulfide) groups is 1. The summed E-state index contributed by atoms with van der Waals surface area (Å²) in [5.41, 5.74) is 3.04. The number of nitrogens with zero attached hydrogens (tertiary/aromatic N) is 3. The molecule has 2 aromatic rings. The lowest BCUT2D eigenvalue weighted by Gasteiger charge is -2.27. The van der Waals surface area contributed by atoms with Crippen LogP contribution in [0.25, 0.3) is 0 Å². The van der Waals surface area contributed by atoms with E-state index in [4.69, 9.17) is 4.74 Å². The molecule has 132 valence electrons. The summed E-state index contributed by atoms with van der Waals surface area (Å²) in [6.07, 6.45) is 1.55. The molecule has 1 fully saturated rings. The van der Waals surface area contributed by atoms with E-state index in [1.165, 1.54) is 11.8 Å². The molecular formula is C18H22N4O2S. The first-order valence-electron chi connectivity index (χ1n) is 8.26. The van der Waals surface area contributed by atoms with Gasteiger partial charge in [0.1, 0.15) is 17.2 Å². The van der Waals surface area contributed by atoms with Gasteiger partial charge in [0.15, 0.2) is 0 Å². The second-order valence-electron chi connectivity index (χ2n) is 5.97. The molecule has 6 nitrogen and oxygen atoms in total. The molecule has 7 heteroatoms. The van der Waals surface area contributed by atoms with Crippen LogP contribution in [0.15, 0.2) is 35.6 Å². The summed E-state index contributed by atoms with van der Waals surface area (Å²) in [6, 6.07) is 7.96. The minimum absolute atomic E-state index is 0.0368. The summed E-state index contributed by atoms with van der Waals surface area (Å²) in [5, 5.41) is 3.77. The molecule has 1 aliphatic rings. The van der Waals surface area contributed by atoms with Gasteiger partial charge in [0.25, 0.3) is 0 Å². The lowest BCUT2D eigenvalue weighted by molar-refractivity contribution is -0.113. The highest BCUT2D eigenvalue weighted by Gasteiger charge is 2.14. The van der Waals surface area contributed by atoms with E-state index in [9.17, 15) is 4.79 Å². The number of hydrogen-bond donors (Lipinski definition) is 1. The Balaban J connectivity index is 1.57. The van der Waals surface area contributed by atoms with Crippen LogP contribution >= 0.6 is 11.8 Å². The highest BCUT2D eigenvalue weighted by molar-refractivity contribution is 7.99. The van der Waals surface area contributed by atoms with Crippen LogP contribution in [0, 0.1) is 13.8 Å². The highest BCUT2D eigenvalue weighted by atomic mass is 32.2. The molecule has 0 spiro atoms. The van der Waals surface area contributed by atoms with Crippen molar-refractivity contribution in [2.24, 2.45) is 0 Å². The van der Waals surface area contributed by atoms with Gasteiger partial charge in [-0.25, -0.2) is 9.97 Å². The number of carbonyl (C=O) groups is 1. The number of amides is 1. The number of nitrogens with one attached hydrogen (secondary N) is 1. The smallest absolute Gasteiger partial charge is 0.234 e. The van der Waals surface area contributed by atoms with E-state index in [-0.39, 0.29) is 5.91 Å². The highest BCUT2D eigenvalue weighted by Crippen LogP contribution is 2.21. The van der Waals surface area contributed by atoms with Crippen LogP contribution in [0.2, 0.25) is 0 Å². The first-order valence-corrected chi connectivity index (χ1v) is 9.25. The second kappa shape index (κ2) is 8.31. The van der Waals surface area contributed by atoms with Crippen molar-refractivity contribution in [1.82, 2.24) is 9.97 Å². The standard InChI is InChI=1S/C18H22N4O2S/c1-13-3-4-14(2)15(9-13)21-17(23)11-25-18-10-16(19-12-20-18)22-5-7-24-8-6-22/h3-4,9-10,12H,5-8,11H2,1-2H3,(H,21,23). The number of ether oxygens (including phenoxy) is 1. The maximum Gasteiger partial charge on any atom is 0.234 e. The average Bonchev–Trinajstić information content (AvgIpc) is 2.64. The molecule has 1 aromatic carbocycles. The monoisotopic (exact) mass is 358 g/mol. The molecule has 0 aliphatic carbocycles. The molecule has 1 aliphatic heterocycles. The molecule has 1 amide bonds. The Labute approximate surface area is 152 Å². The van der Waals surface area contributed by atoms with E-state index < -0.39 is 0 Å². The fourth-order valence-corrected chi connectivity index (χ4v) is 3.23. The van der Waals surface area contributed by atoms with E-state index >= 15 is 0 Å². The zero-order valence-corrected chi connectivity index (χ0v) is 15.3. The predicted molar refractivity (Wildman–Crippen MR) is 100 cm³/mol. The summed E-state index contributed by atoms with van der Waals surface area (Å²) in [7, 11) is 0. The summed E-state index contributed by atoms with van der Waals surface area (Å²) >= 11 is 1.41. The van der Waals surface area contributed by atoms with Gasteiger partial charge in [-0.15, -0.1) is 0 Å². The Morgan fingerprint density at radius 1 is 1.24 bits per heavy atom.